The lowest BCUT2D eigenvalue weighted by Gasteiger charge is -2.45. The average Bonchev–Trinajstić information content (AvgIpc) is 3.21. The molecule has 0 radical (unpaired) electrons. The first kappa shape index (κ1) is 19.6. The van der Waals surface area contributed by atoms with Crippen LogP contribution in [0.1, 0.15) is 60.2 Å². The van der Waals surface area contributed by atoms with Gasteiger partial charge in [-0.1, -0.05) is 6.07 Å². The van der Waals surface area contributed by atoms with Crippen LogP contribution >= 0.6 is 0 Å². The van der Waals surface area contributed by atoms with Crippen molar-refractivity contribution in [2.75, 3.05) is 26.8 Å². The molecule has 5 rings (SSSR count). The van der Waals surface area contributed by atoms with E-state index in [1.807, 2.05) is 11.0 Å². The molecule has 6 heteroatoms. The largest absolute Gasteiger partial charge is 0.497 e. The number of amides is 1. The Morgan fingerprint density at radius 1 is 1.23 bits per heavy atom. The number of aryl methyl sites for hydroxylation is 2. The van der Waals surface area contributed by atoms with Crippen molar-refractivity contribution in [2.24, 2.45) is 0 Å². The number of nitrogens with zero attached hydrogens (tertiary/aromatic N) is 2. The van der Waals surface area contributed by atoms with Crippen molar-refractivity contribution >= 4 is 5.91 Å². The minimum Gasteiger partial charge on any atom is -0.497 e. The van der Waals surface area contributed by atoms with E-state index in [0.717, 1.165) is 69.7 Å². The predicted molar refractivity (Wildman–Crippen MR) is 114 cm³/mol. The smallest absolute Gasteiger partial charge is 0.222 e. The van der Waals surface area contributed by atoms with E-state index < -0.39 is 0 Å². The van der Waals surface area contributed by atoms with Crippen LogP contribution in [0.15, 0.2) is 18.2 Å². The van der Waals surface area contributed by atoms with Crippen LogP contribution < -0.4 is 4.74 Å². The molecule has 0 saturated carbocycles. The number of carbonyl (C=O) groups is 1. The minimum atomic E-state index is -0.252. The van der Waals surface area contributed by atoms with E-state index in [4.69, 9.17) is 9.47 Å². The molecular weight excluding hydrogens is 378 g/mol. The second-order valence-corrected chi connectivity index (χ2v) is 8.83. The number of rotatable bonds is 4. The summed E-state index contributed by atoms with van der Waals surface area (Å²) < 4.78 is 11.7. The Kier molecular flexibility index (Phi) is 5.27. The number of aromatic amines is 1. The van der Waals surface area contributed by atoms with Crippen molar-refractivity contribution < 1.29 is 14.3 Å². The van der Waals surface area contributed by atoms with Crippen molar-refractivity contribution in [3.8, 4) is 5.75 Å². The monoisotopic (exact) mass is 409 g/mol. The minimum absolute atomic E-state index is 0.239. The Morgan fingerprint density at radius 3 is 2.90 bits per heavy atom. The Labute approximate surface area is 177 Å². The highest BCUT2D eigenvalue weighted by Crippen LogP contribution is 2.42. The Bertz CT molecular complexity index is 928. The van der Waals surface area contributed by atoms with Gasteiger partial charge in [-0.2, -0.15) is 5.10 Å². The third-order valence-corrected chi connectivity index (χ3v) is 7.19. The summed E-state index contributed by atoms with van der Waals surface area (Å²) >= 11 is 0. The van der Waals surface area contributed by atoms with Crippen molar-refractivity contribution in [1.82, 2.24) is 15.1 Å². The fraction of sp³-hybridized carbons (Fsp3) is 0.583. The van der Waals surface area contributed by atoms with Crippen LogP contribution in [0, 0.1) is 0 Å². The molecule has 1 aliphatic carbocycles. The number of carbonyl (C=O) groups excluding carboxylic acids is 1. The SMILES string of the molecule is COc1ccc2c(c1)CCOC21CCN(C(=O)CCc2n[nH]c3c2CCCC3)CC1. The third-order valence-electron chi connectivity index (χ3n) is 7.19. The van der Waals surface area contributed by atoms with Gasteiger partial charge in [-0.15, -0.1) is 0 Å². The zero-order chi connectivity index (χ0) is 20.6. The molecule has 160 valence electrons. The molecule has 2 aliphatic heterocycles. The normalized spacial score (nSPS) is 20.0. The number of fused-ring (bicyclic) bond motifs is 3. The maximum absolute atomic E-state index is 12.9. The summed E-state index contributed by atoms with van der Waals surface area (Å²) in [4.78, 5) is 14.9. The molecule has 1 fully saturated rings. The van der Waals surface area contributed by atoms with Gasteiger partial charge in [0.2, 0.25) is 5.91 Å². The number of ether oxygens (including phenoxy) is 2. The van der Waals surface area contributed by atoms with Crippen LogP contribution in [0.4, 0.5) is 0 Å². The molecule has 1 N–H and O–H groups in total. The number of piperidine rings is 1. The van der Waals surface area contributed by atoms with Gasteiger partial charge in [-0.3, -0.25) is 9.89 Å². The molecule has 0 atom stereocenters. The van der Waals surface area contributed by atoms with Gasteiger partial charge < -0.3 is 14.4 Å². The second kappa shape index (κ2) is 8.06. The van der Waals surface area contributed by atoms with Crippen LogP contribution in [0.3, 0.4) is 0 Å². The fourth-order valence-electron chi connectivity index (χ4n) is 5.45. The molecule has 1 saturated heterocycles. The number of hydrogen-bond donors (Lipinski definition) is 1. The maximum Gasteiger partial charge on any atom is 0.222 e. The average molecular weight is 410 g/mol. The summed E-state index contributed by atoms with van der Waals surface area (Å²) in [7, 11) is 1.71. The summed E-state index contributed by atoms with van der Waals surface area (Å²) in [6, 6.07) is 6.32. The highest BCUT2D eigenvalue weighted by atomic mass is 16.5. The lowest BCUT2D eigenvalue weighted by Crippen LogP contribution is -2.48. The Balaban J connectivity index is 1.21. The fourth-order valence-corrected chi connectivity index (χ4v) is 5.45. The first-order chi connectivity index (χ1) is 14.7. The van der Waals surface area contributed by atoms with Crippen molar-refractivity contribution in [3.63, 3.8) is 0 Å². The van der Waals surface area contributed by atoms with Crippen LogP contribution in [-0.2, 0) is 40.8 Å². The number of hydrogen-bond acceptors (Lipinski definition) is 4. The van der Waals surface area contributed by atoms with Gasteiger partial charge in [0.1, 0.15) is 5.75 Å². The molecule has 6 nitrogen and oxygen atoms in total. The van der Waals surface area contributed by atoms with Gasteiger partial charge in [-0.05, 0) is 73.8 Å². The molecule has 1 amide bonds. The van der Waals surface area contributed by atoms with E-state index in [2.05, 4.69) is 22.3 Å². The molecule has 0 bridgehead atoms. The molecule has 3 aliphatic rings. The van der Waals surface area contributed by atoms with Gasteiger partial charge >= 0.3 is 0 Å². The van der Waals surface area contributed by atoms with Crippen LogP contribution in [0.25, 0.3) is 0 Å². The van der Waals surface area contributed by atoms with Gasteiger partial charge in [0.15, 0.2) is 0 Å². The summed E-state index contributed by atoms with van der Waals surface area (Å²) in [6.45, 7) is 2.24. The van der Waals surface area contributed by atoms with E-state index >= 15 is 0 Å². The van der Waals surface area contributed by atoms with Crippen LogP contribution in [-0.4, -0.2) is 47.8 Å². The topological polar surface area (TPSA) is 67.5 Å². The molecule has 1 spiro atoms. The van der Waals surface area contributed by atoms with Crippen LogP contribution in [0.2, 0.25) is 0 Å². The molecule has 1 aromatic carbocycles. The van der Waals surface area contributed by atoms with E-state index in [1.165, 1.54) is 35.2 Å². The predicted octanol–water partition coefficient (Wildman–Crippen LogP) is 3.32. The van der Waals surface area contributed by atoms with E-state index in [-0.39, 0.29) is 11.5 Å². The first-order valence-electron chi connectivity index (χ1n) is 11.3. The highest BCUT2D eigenvalue weighted by Gasteiger charge is 2.41. The Morgan fingerprint density at radius 2 is 2.07 bits per heavy atom. The third kappa shape index (κ3) is 3.51. The van der Waals surface area contributed by atoms with Crippen molar-refractivity contribution in [2.45, 2.75) is 63.4 Å². The van der Waals surface area contributed by atoms with Gasteiger partial charge in [0.25, 0.3) is 0 Å². The maximum atomic E-state index is 12.9. The molecule has 1 aromatic heterocycles. The summed E-state index contributed by atoms with van der Waals surface area (Å²) in [6.07, 6.45) is 8.58. The van der Waals surface area contributed by atoms with E-state index in [9.17, 15) is 4.79 Å². The number of likely N-dealkylation sites (tertiary alicyclic amines) is 1. The number of benzene rings is 1. The standard InChI is InChI=1S/C24H31N3O3/c1-29-18-6-7-20-17(16-18)10-15-30-24(20)11-13-27(14-12-24)23(28)9-8-22-19-4-2-3-5-21(19)25-26-22/h6-7,16H,2-5,8-15H2,1H3,(H,25,26). The Hall–Kier alpha value is -2.34. The molecular formula is C24H31N3O3. The summed E-state index contributed by atoms with van der Waals surface area (Å²) in [5.74, 6) is 1.14. The zero-order valence-corrected chi connectivity index (χ0v) is 17.8. The second-order valence-electron chi connectivity index (χ2n) is 8.83. The van der Waals surface area contributed by atoms with E-state index in [0.29, 0.717) is 6.42 Å². The number of H-pyrrole nitrogens is 1. The van der Waals surface area contributed by atoms with E-state index in [1.54, 1.807) is 7.11 Å². The number of nitrogens with one attached hydrogen (secondary N) is 1. The number of aromatic nitrogens is 2. The molecule has 30 heavy (non-hydrogen) atoms. The first-order valence-corrected chi connectivity index (χ1v) is 11.3. The van der Waals surface area contributed by atoms with Gasteiger partial charge in [0.05, 0.1) is 25.0 Å². The quantitative estimate of drug-likeness (QED) is 0.841. The molecule has 0 unspecified atom stereocenters. The lowest BCUT2D eigenvalue weighted by atomic mass is 9.79. The van der Waals surface area contributed by atoms with Crippen molar-refractivity contribution in [3.05, 3.63) is 46.3 Å². The molecule has 2 aromatic rings. The summed E-state index contributed by atoms with van der Waals surface area (Å²) in [5.41, 5.74) is 6.11. The van der Waals surface area contributed by atoms with Gasteiger partial charge in [-0.25, -0.2) is 0 Å². The highest BCUT2D eigenvalue weighted by molar-refractivity contribution is 5.76. The van der Waals surface area contributed by atoms with Crippen LogP contribution in [0.5, 0.6) is 5.75 Å². The van der Waals surface area contributed by atoms with Gasteiger partial charge in [0, 0.05) is 31.6 Å². The zero-order valence-electron chi connectivity index (χ0n) is 17.8. The summed E-state index contributed by atoms with van der Waals surface area (Å²) in [5, 5.41) is 7.68. The molecule has 3 heterocycles. The lowest BCUT2D eigenvalue weighted by molar-refractivity contribution is -0.140. The number of methoxy groups -OCH3 is 1. The van der Waals surface area contributed by atoms with Crippen molar-refractivity contribution in [1.29, 1.82) is 0 Å².